The summed E-state index contributed by atoms with van der Waals surface area (Å²) in [4.78, 5) is 11.7. The first-order valence-corrected chi connectivity index (χ1v) is 7.85. The van der Waals surface area contributed by atoms with Gasteiger partial charge in [0, 0.05) is 13.2 Å². The number of carbonyl (C=O) groups excluding carboxylic acids is 1. The van der Waals surface area contributed by atoms with Gasteiger partial charge in [0.15, 0.2) is 0 Å². The van der Waals surface area contributed by atoms with E-state index in [1.807, 2.05) is 0 Å². The highest BCUT2D eigenvalue weighted by Gasteiger charge is 2.32. The van der Waals surface area contributed by atoms with Crippen molar-refractivity contribution in [1.29, 1.82) is 0 Å². The van der Waals surface area contributed by atoms with Crippen molar-refractivity contribution >= 4 is 5.91 Å². The van der Waals surface area contributed by atoms with Crippen LogP contribution in [-0.2, 0) is 14.3 Å². The Hall–Kier alpha value is -0.610. The van der Waals surface area contributed by atoms with E-state index < -0.39 is 0 Å². The summed E-state index contributed by atoms with van der Waals surface area (Å²) < 4.78 is 10.1. The van der Waals surface area contributed by atoms with Gasteiger partial charge in [-0.15, -0.1) is 0 Å². The number of hydrogen-bond acceptors (Lipinski definition) is 3. The molecule has 4 nitrogen and oxygen atoms in total. The van der Waals surface area contributed by atoms with Crippen LogP contribution >= 0.6 is 0 Å². The second kappa shape index (κ2) is 8.63. The highest BCUT2D eigenvalue weighted by molar-refractivity contribution is 5.77. The van der Waals surface area contributed by atoms with Crippen molar-refractivity contribution in [3.05, 3.63) is 0 Å². The Balaban J connectivity index is 2.20. The maximum absolute atomic E-state index is 11.7. The molecule has 0 aromatic heterocycles. The topological polar surface area (TPSA) is 47.6 Å². The molecule has 0 atom stereocenters. The van der Waals surface area contributed by atoms with Crippen LogP contribution in [-0.4, -0.2) is 38.9 Å². The number of amides is 1. The highest BCUT2D eigenvalue weighted by atomic mass is 16.5. The first kappa shape index (κ1) is 17.4. The summed E-state index contributed by atoms with van der Waals surface area (Å²) in [5.41, 5.74) is 0.429. The van der Waals surface area contributed by atoms with Crippen LogP contribution in [0.2, 0.25) is 0 Å². The molecule has 1 N–H and O–H groups in total. The molecular formula is C16H31NO3. The lowest BCUT2D eigenvalue weighted by molar-refractivity contribution is -0.127. The fraction of sp³-hybridized carbons (Fsp3) is 0.938. The molecular weight excluding hydrogens is 254 g/mol. The molecule has 20 heavy (non-hydrogen) atoms. The van der Waals surface area contributed by atoms with Crippen molar-refractivity contribution in [2.75, 3.05) is 26.9 Å². The Kier molecular flexibility index (Phi) is 7.52. The van der Waals surface area contributed by atoms with Gasteiger partial charge in [0.05, 0.1) is 13.2 Å². The largest absolute Gasteiger partial charge is 0.382 e. The number of ether oxygens (including phenoxy) is 2. The van der Waals surface area contributed by atoms with Crippen molar-refractivity contribution in [3.63, 3.8) is 0 Å². The summed E-state index contributed by atoms with van der Waals surface area (Å²) >= 11 is 0. The fourth-order valence-corrected chi connectivity index (χ4v) is 2.88. The van der Waals surface area contributed by atoms with Crippen LogP contribution in [0, 0.1) is 11.3 Å². The van der Waals surface area contributed by atoms with Gasteiger partial charge >= 0.3 is 0 Å². The first-order chi connectivity index (χ1) is 9.49. The summed E-state index contributed by atoms with van der Waals surface area (Å²) in [6, 6.07) is 0.331. The van der Waals surface area contributed by atoms with Crippen molar-refractivity contribution in [3.8, 4) is 0 Å². The van der Waals surface area contributed by atoms with Gasteiger partial charge in [-0.25, -0.2) is 0 Å². The van der Waals surface area contributed by atoms with Gasteiger partial charge in [-0.2, -0.15) is 0 Å². The molecule has 1 saturated carbocycles. The molecule has 1 amide bonds. The van der Waals surface area contributed by atoms with Crippen LogP contribution in [0.5, 0.6) is 0 Å². The average Bonchev–Trinajstić information content (AvgIpc) is 2.44. The van der Waals surface area contributed by atoms with Crippen molar-refractivity contribution < 1.29 is 14.3 Å². The Morgan fingerprint density at radius 1 is 1.20 bits per heavy atom. The molecule has 0 aliphatic heterocycles. The summed E-state index contributed by atoms with van der Waals surface area (Å²) in [6.07, 6.45) is 5.85. The smallest absolute Gasteiger partial charge is 0.246 e. The third-order valence-corrected chi connectivity index (χ3v) is 4.77. The van der Waals surface area contributed by atoms with Gasteiger partial charge in [-0.05, 0) is 37.0 Å². The summed E-state index contributed by atoms with van der Waals surface area (Å²) in [6.45, 7) is 8.14. The van der Waals surface area contributed by atoms with Gasteiger partial charge in [0.1, 0.15) is 6.61 Å². The number of rotatable bonds is 8. The minimum atomic E-state index is -0.000644. The van der Waals surface area contributed by atoms with E-state index in [2.05, 4.69) is 26.1 Å². The van der Waals surface area contributed by atoms with E-state index in [0.717, 1.165) is 18.8 Å². The molecule has 0 aromatic rings. The van der Waals surface area contributed by atoms with Gasteiger partial charge < -0.3 is 14.8 Å². The minimum absolute atomic E-state index is 0.000644. The third kappa shape index (κ3) is 5.80. The second-order valence-corrected chi connectivity index (χ2v) is 6.50. The molecule has 0 saturated heterocycles. The highest BCUT2D eigenvalue weighted by Crippen LogP contribution is 2.40. The van der Waals surface area contributed by atoms with E-state index in [0.29, 0.717) is 24.7 Å². The summed E-state index contributed by atoms with van der Waals surface area (Å²) in [5, 5.41) is 3.08. The molecule has 0 aromatic carbocycles. The lowest BCUT2D eigenvalue weighted by atomic mass is 9.69. The van der Waals surface area contributed by atoms with Gasteiger partial charge in [0.25, 0.3) is 0 Å². The fourth-order valence-electron chi connectivity index (χ4n) is 2.88. The van der Waals surface area contributed by atoms with Crippen LogP contribution in [0.4, 0.5) is 0 Å². The van der Waals surface area contributed by atoms with Crippen LogP contribution < -0.4 is 5.32 Å². The van der Waals surface area contributed by atoms with Crippen LogP contribution in [0.15, 0.2) is 0 Å². The predicted octanol–water partition coefficient (Wildman–Crippen LogP) is 2.76. The molecule has 0 unspecified atom stereocenters. The Morgan fingerprint density at radius 3 is 2.40 bits per heavy atom. The second-order valence-electron chi connectivity index (χ2n) is 6.50. The predicted molar refractivity (Wildman–Crippen MR) is 80.7 cm³/mol. The number of nitrogens with one attached hydrogen (secondary N) is 1. The molecule has 1 aliphatic rings. The third-order valence-electron chi connectivity index (χ3n) is 4.77. The van der Waals surface area contributed by atoms with Gasteiger partial charge in [-0.3, -0.25) is 4.79 Å². The van der Waals surface area contributed by atoms with Gasteiger partial charge in [-0.1, -0.05) is 27.2 Å². The number of hydrogen-bond donors (Lipinski definition) is 1. The Bertz CT molecular complexity index is 283. The van der Waals surface area contributed by atoms with Crippen LogP contribution in [0.25, 0.3) is 0 Å². The normalized spacial score (nSPS) is 23.6. The van der Waals surface area contributed by atoms with Crippen LogP contribution in [0.3, 0.4) is 0 Å². The van der Waals surface area contributed by atoms with E-state index in [1.165, 1.54) is 19.3 Å². The maximum Gasteiger partial charge on any atom is 0.246 e. The number of carbonyl (C=O) groups is 1. The molecule has 0 radical (unpaired) electrons. The molecule has 1 fully saturated rings. The SMILES string of the molecule is CCC(C)(C)C1CCC(NC(=O)COCCOC)CC1. The minimum Gasteiger partial charge on any atom is -0.382 e. The zero-order valence-electron chi connectivity index (χ0n) is 13.5. The summed E-state index contributed by atoms with van der Waals surface area (Å²) in [5.74, 6) is 0.790. The Morgan fingerprint density at radius 2 is 1.85 bits per heavy atom. The Labute approximate surface area is 123 Å². The van der Waals surface area contributed by atoms with Crippen molar-refractivity contribution in [1.82, 2.24) is 5.32 Å². The van der Waals surface area contributed by atoms with Crippen molar-refractivity contribution in [2.24, 2.45) is 11.3 Å². The first-order valence-electron chi connectivity index (χ1n) is 7.85. The molecule has 0 heterocycles. The quantitative estimate of drug-likeness (QED) is 0.698. The zero-order valence-corrected chi connectivity index (χ0v) is 13.5. The van der Waals surface area contributed by atoms with Crippen molar-refractivity contribution in [2.45, 2.75) is 58.9 Å². The summed E-state index contributed by atoms with van der Waals surface area (Å²) in [7, 11) is 1.62. The standard InChI is InChI=1S/C16H31NO3/c1-5-16(2,3)13-6-8-14(9-7-13)17-15(18)12-20-11-10-19-4/h13-14H,5-12H2,1-4H3,(H,17,18). The van der Waals surface area contributed by atoms with E-state index in [1.54, 1.807) is 7.11 Å². The molecule has 1 aliphatic carbocycles. The number of methoxy groups -OCH3 is 1. The lowest BCUT2D eigenvalue weighted by Gasteiger charge is -2.39. The molecule has 1 rings (SSSR count). The monoisotopic (exact) mass is 285 g/mol. The van der Waals surface area contributed by atoms with E-state index in [4.69, 9.17) is 9.47 Å². The average molecular weight is 285 g/mol. The van der Waals surface area contributed by atoms with Crippen LogP contribution in [0.1, 0.15) is 52.9 Å². The van der Waals surface area contributed by atoms with E-state index in [-0.39, 0.29) is 12.5 Å². The molecule has 4 heteroatoms. The maximum atomic E-state index is 11.7. The van der Waals surface area contributed by atoms with E-state index >= 15 is 0 Å². The molecule has 118 valence electrons. The molecule has 0 bridgehead atoms. The van der Waals surface area contributed by atoms with Gasteiger partial charge in [0.2, 0.25) is 5.91 Å². The van der Waals surface area contributed by atoms with E-state index in [9.17, 15) is 4.79 Å². The zero-order chi connectivity index (χ0) is 15.0. The lowest BCUT2D eigenvalue weighted by Crippen LogP contribution is -2.41. The molecule has 0 spiro atoms.